The van der Waals surface area contributed by atoms with Gasteiger partial charge < -0.3 is 15.2 Å². The maximum Gasteiger partial charge on any atom is 0.319 e. The van der Waals surface area contributed by atoms with E-state index in [0.717, 1.165) is 22.5 Å². The molecule has 0 radical (unpaired) electrons. The molecule has 2 amide bonds. The van der Waals surface area contributed by atoms with Crippen LogP contribution >= 0.6 is 0 Å². The van der Waals surface area contributed by atoms with Crippen LogP contribution in [0.1, 0.15) is 11.1 Å². The molecule has 2 N–H and O–H groups in total. The average Bonchev–Trinajstić information content (AvgIpc) is 3.42. The van der Waals surface area contributed by atoms with Crippen LogP contribution in [-0.2, 0) is 13.1 Å². The number of hydrogen-bond donors (Lipinski definition) is 2. The molecule has 2 aromatic carbocycles. The molecule has 0 spiro atoms. The Hall–Kier alpha value is -3.80. The molecule has 0 aliphatic heterocycles. The molecule has 4 rings (SSSR count). The van der Waals surface area contributed by atoms with Crippen LogP contribution in [0, 0.1) is 0 Å². The van der Waals surface area contributed by atoms with Crippen LogP contribution in [-0.4, -0.2) is 20.4 Å². The second kappa shape index (κ2) is 8.26. The van der Waals surface area contributed by atoms with Crippen LogP contribution in [0.5, 0.6) is 0 Å². The maximum atomic E-state index is 12.4. The summed E-state index contributed by atoms with van der Waals surface area (Å²) in [4.78, 5) is 12.4. The number of carbonyl (C=O) groups excluding carboxylic acids is 1. The smallest absolute Gasteiger partial charge is 0.319 e. The SMILES string of the molecule is O=C(NCc1ccccc1Cn1cccn1)Nc1cccc(-n2cccc2)c1. The molecule has 0 atom stereocenters. The molecule has 2 heterocycles. The van der Waals surface area contributed by atoms with Crippen LogP contribution in [0.3, 0.4) is 0 Å². The van der Waals surface area contributed by atoms with Crippen molar-refractivity contribution in [2.24, 2.45) is 0 Å². The van der Waals surface area contributed by atoms with Crippen molar-refractivity contribution in [2.75, 3.05) is 5.32 Å². The predicted octanol–water partition coefficient (Wildman–Crippen LogP) is 4.04. The van der Waals surface area contributed by atoms with Crippen LogP contribution in [0.25, 0.3) is 5.69 Å². The number of amides is 2. The first-order valence-corrected chi connectivity index (χ1v) is 9.10. The zero-order valence-electron chi connectivity index (χ0n) is 15.3. The molecular formula is C22H21N5O. The molecule has 0 aliphatic carbocycles. The maximum absolute atomic E-state index is 12.4. The lowest BCUT2D eigenvalue weighted by molar-refractivity contribution is 0.251. The molecule has 0 saturated carbocycles. The number of urea groups is 1. The van der Waals surface area contributed by atoms with Crippen molar-refractivity contribution >= 4 is 11.7 Å². The Bertz CT molecular complexity index is 1040. The Morgan fingerprint density at radius 3 is 2.50 bits per heavy atom. The molecule has 0 unspecified atom stereocenters. The summed E-state index contributed by atoms with van der Waals surface area (Å²) in [7, 11) is 0. The Labute approximate surface area is 163 Å². The fourth-order valence-corrected chi connectivity index (χ4v) is 3.05. The molecule has 2 aromatic heterocycles. The van der Waals surface area contributed by atoms with E-state index in [2.05, 4.69) is 21.8 Å². The van der Waals surface area contributed by atoms with E-state index in [0.29, 0.717) is 13.1 Å². The van der Waals surface area contributed by atoms with Gasteiger partial charge in [-0.3, -0.25) is 4.68 Å². The summed E-state index contributed by atoms with van der Waals surface area (Å²) in [6.07, 6.45) is 7.62. The van der Waals surface area contributed by atoms with Crippen LogP contribution < -0.4 is 10.6 Å². The quantitative estimate of drug-likeness (QED) is 0.537. The van der Waals surface area contributed by atoms with E-state index >= 15 is 0 Å². The van der Waals surface area contributed by atoms with E-state index in [1.165, 1.54) is 0 Å². The van der Waals surface area contributed by atoms with Gasteiger partial charge in [-0.05, 0) is 47.5 Å². The fraction of sp³-hybridized carbons (Fsp3) is 0.0909. The van der Waals surface area contributed by atoms with E-state index < -0.39 is 0 Å². The minimum atomic E-state index is -0.237. The number of carbonyl (C=O) groups is 1. The lowest BCUT2D eigenvalue weighted by Crippen LogP contribution is -2.28. The fourth-order valence-electron chi connectivity index (χ4n) is 3.05. The third-order valence-corrected chi connectivity index (χ3v) is 4.46. The van der Waals surface area contributed by atoms with Crippen molar-refractivity contribution in [2.45, 2.75) is 13.1 Å². The van der Waals surface area contributed by atoms with Gasteiger partial charge in [0.15, 0.2) is 0 Å². The summed E-state index contributed by atoms with van der Waals surface area (Å²) >= 11 is 0. The summed E-state index contributed by atoms with van der Waals surface area (Å²) < 4.78 is 3.86. The highest BCUT2D eigenvalue weighted by Crippen LogP contribution is 2.15. The van der Waals surface area contributed by atoms with Gasteiger partial charge in [0.05, 0.1) is 6.54 Å². The van der Waals surface area contributed by atoms with Gasteiger partial charge >= 0.3 is 6.03 Å². The predicted molar refractivity (Wildman–Crippen MR) is 109 cm³/mol. The lowest BCUT2D eigenvalue weighted by atomic mass is 10.1. The standard InChI is InChI=1S/C22H21N5O/c28-22(25-20-9-5-10-21(15-20)26-12-3-4-13-26)23-16-18-7-1-2-8-19(18)17-27-14-6-11-24-27/h1-15H,16-17H2,(H2,23,25,28). The van der Waals surface area contributed by atoms with Crippen molar-refractivity contribution < 1.29 is 4.79 Å². The second-order valence-electron chi connectivity index (χ2n) is 6.42. The zero-order valence-corrected chi connectivity index (χ0v) is 15.3. The van der Waals surface area contributed by atoms with Crippen molar-refractivity contribution in [3.63, 3.8) is 0 Å². The molecule has 28 heavy (non-hydrogen) atoms. The van der Waals surface area contributed by atoms with Crippen LogP contribution in [0.15, 0.2) is 91.5 Å². The normalized spacial score (nSPS) is 10.6. The van der Waals surface area contributed by atoms with E-state index in [1.807, 2.05) is 88.5 Å². The van der Waals surface area contributed by atoms with Crippen molar-refractivity contribution in [1.29, 1.82) is 0 Å². The topological polar surface area (TPSA) is 63.9 Å². The number of benzene rings is 2. The summed E-state index contributed by atoms with van der Waals surface area (Å²) in [6, 6.07) is 21.4. The lowest BCUT2D eigenvalue weighted by Gasteiger charge is -2.12. The Kier molecular flexibility index (Phi) is 5.20. The number of hydrogen-bond acceptors (Lipinski definition) is 2. The van der Waals surface area contributed by atoms with Crippen molar-refractivity contribution in [3.05, 3.63) is 103 Å². The second-order valence-corrected chi connectivity index (χ2v) is 6.42. The Morgan fingerprint density at radius 1 is 0.893 bits per heavy atom. The Balaban J connectivity index is 1.38. The van der Waals surface area contributed by atoms with Gasteiger partial charge in [0.25, 0.3) is 0 Å². The van der Waals surface area contributed by atoms with E-state index in [9.17, 15) is 4.79 Å². The molecule has 6 nitrogen and oxygen atoms in total. The molecule has 6 heteroatoms. The third kappa shape index (κ3) is 4.29. The first kappa shape index (κ1) is 17.6. The minimum absolute atomic E-state index is 0.237. The highest BCUT2D eigenvalue weighted by molar-refractivity contribution is 5.89. The number of nitrogens with zero attached hydrogens (tertiary/aromatic N) is 3. The summed E-state index contributed by atoms with van der Waals surface area (Å²) in [5.41, 5.74) is 3.93. The number of aromatic nitrogens is 3. The first-order valence-electron chi connectivity index (χ1n) is 9.10. The van der Waals surface area contributed by atoms with Gasteiger partial charge in [0.1, 0.15) is 0 Å². The third-order valence-electron chi connectivity index (χ3n) is 4.46. The summed E-state index contributed by atoms with van der Waals surface area (Å²) in [5.74, 6) is 0. The highest BCUT2D eigenvalue weighted by atomic mass is 16.2. The summed E-state index contributed by atoms with van der Waals surface area (Å²) in [6.45, 7) is 1.12. The minimum Gasteiger partial charge on any atom is -0.334 e. The van der Waals surface area contributed by atoms with E-state index in [-0.39, 0.29) is 6.03 Å². The average molecular weight is 371 g/mol. The zero-order chi connectivity index (χ0) is 19.2. The van der Waals surface area contributed by atoms with Gasteiger partial charge in [-0.15, -0.1) is 0 Å². The molecule has 0 bridgehead atoms. The largest absolute Gasteiger partial charge is 0.334 e. The van der Waals surface area contributed by atoms with E-state index in [1.54, 1.807) is 6.20 Å². The number of nitrogens with one attached hydrogen (secondary N) is 2. The number of rotatable bonds is 6. The summed E-state index contributed by atoms with van der Waals surface area (Å²) in [5, 5.41) is 10.1. The van der Waals surface area contributed by atoms with Gasteiger partial charge in [-0.2, -0.15) is 5.10 Å². The van der Waals surface area contributed by atoms with Crippen LogP contribution in [0.4, 0.5) is 10.5 Å². The van der Waals surface area contributed by atoms with Gasteiger partial charge in [-0.1, -0.05) is 30.3 Å². The first-order chi connectivity index (χ1) is 13.8. The molecule has 0 saturated heterocycles. The van der Waals surface area contributed by atoms with Crippen molar-refractivity contribution in [1.82, 2.24) is 19.7 Å². The van der Waals surface area contributed by atoms with E-state index in [4.69, 9.17) is 0 Å². The highest BCUT2D eigenvalue weighted by Gasteiger charge is 2.07. The van der Waals surface area contributed by atoms with Gasteiger partial charge in [0.2, 0.25) is 0 Å². The molecule has 140 valence electrons. The molecular weight excluding hydrogens is 350 g/mol. The Morgan fingerprint density at radius 2 is 1.71 bits per heavy atom. The van der Waals surface area contributed by atoms with Gasteiger partial charge in [0, 0.05) is 42.7 Å². The van der Waals surface area contributed by atoms with Crippen LogP contribution in [0.2, 0.25) is 0 Å². The van der Waals surface area contributed by atoms with Gasteiger partial charge in [-0.25, -0.2) is 4.79 Å². The molecule has 4 aromatic rings. The monoisotopic (exact) mass is 371 g/mol. The molecule has 0 fully saturated rings. The number of anilines is 1. The van der Waals surface area contributed by atoms with Crippen molar-refractivity contribution in [3.8, 4) is 5.69 Å². The molecule has 0 aliphatic rings.